The van der Waals surface area contributed by atoms with Gasteiger partial charge in [0.15, 0.2) is 5.58 Å². The Bertz CT molecular complexity index is 1450. The lowest BCUT2D eigenvalue weighted by atomic mass is 10.0. The molecule has 5 aromatic rings. The molecule has 1 aromatic heterocycles. The molecule has 4 aromatic carbocycles. The molecule has 1 aliphatic carbocycles. The minimum Gasteiger partial charge on any atom is -0.423 e. The summed E-state index contributed by atoms with van der Waals surface area (Å²) in [4.78, 5) is 7.17. The Hall–Kier alpha value is -4.11. The minimum atomic E-state index is 0.141. The van der Waals surface area contributed by atoms with E-state index in [-0.39, 0.29) is 6.04 Å². The fraction of sp³-hybridized carbons (Fsp3) is 0.0690. The lowest BCUT2D eigenvalue weighted by molar-refractivity contribution is 0.575. The van der Waals surface area contributed by atoms with Gasteiger partial charge in [0, 0.05) is 11.1 Å². The SMILES string of the molecule is C1=CCC(N(c2ccc(-c3ccccc3)cc2)c2nc3c(ccc4ccccc43)o2)C=C1. The topological polar surface area (TPSA) is 29.3 Å². The molecule has 3 nitrogen and oxygen atoms in total. The first-order valence-corrected chi connectivity index (χ1v) is 10.9. The number of rotatable bonds is 4. The average molecular weight is 415 g/mol. The molecule has 0 fully saturated rings. The summed E-state index contributed by atoms with van der Waals surface area (Å²) in [6, 6.07) is 32.3. The molecule has 0 aliphatic heterocycles. The van der Waals surface area contributed by atoms with Gasteiger partial charge in [0.05, 0.1) is 6.04 Å². The van der Waals surface area contributed by atoms with Gasteiger partial charge >= 0.3 is 6.01 Å². The summed E-state index contributed by atoms with van der Waals surface area (Å²) < 4.78 is 6.32. The van der Waals surface area contributed by atoms with Crippen molar-refractivity contribution in [3.05, 3.63) is 115 Å². The highest BCUT2D eigenvalue weighted by Crippen LogP contribution is 2.35. The van der Waals surface area contributed by atoms with Gasteiger partial charge in [-0.25, -0.2) is 0 Å². The molecule has 154 valence electrons. The Morgan fingerprint density at radius 2 is 1.53 bits per heavy atom. The largest absolute Gasteiger partial charge is 0.423 e. The summed E-state index contributed by atoms with van der Waals surface area (Å²) >= 11 is 0. The molecule has 3 heteroatoms. The zero-order valence-electron chi connectivity index (χ0n) is 17.6. The van der Waals surface area contributed by atoms with Crippen molar-refractivity contribution in [2.45, 2.75) is 12.5 Å². The van der Waals surface area contributed by atoms with Gasteiger partial charge < -0.3 is 4.42 Å². The van der Waals surface area contributed by atoms with Crippen molar-refractivity contribution in [1.29, 1.82) is 0 Å². The molecule has 0 saturated carbocycles. The number of hydrogen-bond acceptors (Lipinski definition) is 3. The lowest BCUT2D eigenvalue weighted by Crippen LogP contribution is -2.30. The second kappa shape index (κ2) is 7.86. The van der Waals surface area contributed by atoms with Gasteiger partial charge in [-0.3, -0.25) is 4.90 Å². The summed E-state index contributed by atoms with van der Waals surface area (Å²) in [7, 11) is 0. The number of nitrogens with zero attached hydrogens (tertiary/aromatic N) is 2. The standard InChI is InChI=1S/C29H22N2O/c1-3-9-21(10-4-1)22-15-18-25(19-16-22)31(24-12-5-2-6-13-24)29-30-28-26-14-8-7-11-23(26)17-20-27(28)32-29/h1-12,14-20,24H,13H2. The lowest BCUT2D eigenvalue weighted by Gasteiger charge is -2.29. The number of aromatic nitrogens is 1. The normalized spacial score (nSPS) is 15.4. The Balaban J connectivity index is 1.46. The van der Waals surface area contributed by atoms with Crippen molar-refractivity contribution in [1.82, 2.24) is 4.98 Å². The molecule has 0 amide bonds. The number of anilines is 2. The predicted octanol–water partition coefficient (Wildman–Crippen LogP) is 7.67. The van der Waals surface area contributed by atoms with Gasteiger partial charge in [-0.2, -0.15) is 4.98 Å². The highest BCUT2D eigenvalue weighted by atomic mass is 16.4. The molecule has 0 N–H and O–H groups in total. The van der Waals surface area contributed by atoms with Crippen LogP contribution in [0.1, 0.15) is 6.42 Å². The van der Waals surface area contributed by atoms with E-state index >= 15 is 0 Å². The quantitative estimate of drug-likeness (QED) is 0.302. The predicted molar refractivity (Wildman–Crippen MR) is 132 cm³/mol. The van der Waals surface area contributed by atoms with Crippen LogP contribution in [0.25, 0.3) is 33.0 Å². The molecule has 6 rings (SSSR count). The molecular weight excluding hydrogens is 392 g/mol. The number of fused-ring (bicyclic) bond motifs is 3. The molecule has 1 aliphatic rings. The molecular formula is C29H22N2O. The van der Waals surface area contributed by atoms with E-state index in [9.17, 15) is 0 Å². The van der Waals surface area contributed by atoms with Crippen molar-refractivity contribution in [2.75, 3.05) is 4.90 Å². The van der Waals surface area contributed by atoms with E-state index in [1.165, 1.54) is 16.5 Å². The van der Waals surface area contributed by atoms with Crippen molar-refractivity contribution in [3.63, 3.8) is 0 Å². The summed E-state index contributed by atoms with van der Waals surface area (Å²) in [5, 5.41) is 2.28. The van der Waals surface area contributed by atoms with Crippen molar-refractivity contribution >= 4 is 33.6 Å². The van der Waals surface area contributed by atoms with Gasteiger partial charge in [0.2, 0.25) is 0 Å². The second-order valence-corrected chi connectivity index (χ2v) is 8.03. The summed E-state index contributed by atoms with van der Waals surface area (Å²) in [6.45, 7) is 0. The van der Waals surface area contributed by atoms with E-state index in [0.717, 1.165) is 28.6 Å². The molecule has 1 unspecified atom stereocenters. The summed E-state index contributed by atoms with van der Waals surface area (Å²) in [5.74, 6) is 0. The Kier molecular flexibility index (Phi) is 4.58. The van der Waals surface area contributed by atoms with Gasteiger partial charge in [0.1, 0.15) is 5.52 Å². The van der Waals surface area contributed by atoms with E-state index in [0.29, 0.717) is 6.01 Å². The highest BCUT2D eigenvalue weighted by Gasteiger charge is 2.24. The molecule has 32 heavy (non-hydrogen) atoms. The third kappa shape index (κ3) is 3.28. The van der Waals surface area contributed by atoms with E-state index in [2.05, 4.69) is 102 Å². The van der Waals surface area contributed by atoms with Crippen LogP contribution in [0.4, 0.5) is 11.7 Å². The fourth-order valence-corrected chi connectivity index (χ4v) is 4.40. The van der Waals surface area contributed by atoms with Crippen LogP contribution in [0.15, 0.2) is 120 Å². The van der Waals surface area contributed by atoms with Gasteiger partial charge in [-0.05, 0) is 41.1 Å². The summed E-state index contributed by atoms with van der Waals surface area (Å²) in [5.41, 5.74) is 5.17. The molecule has 1 atom stereocenters. The van der Waals surface area contributed by atoms with Crippen LogP contribution in [0, 0.1) is 0 Å². The van der Waals surface area contributed by atoms with Crippen molar-refractivity contribution in [2.24, 2.45) is 0 Å². The van der Waals surface area contributed by atoms with E-state index in [1.54, 1.807) is 0 Å². The van der Waals surface area contributed by atoms with Crippen LogP contribution < -0.4 is 4.90 Å². The first kappa shape index (κ1) is 18.6. The van der Waals surface area contributed by atoms with Crippen LogP contribution in [-0.4, -0.2) is 11.0 Å². The van der Waals surface area contributed by atoms with Crippen molar-refractivity contribution < 1.29 is 4.42 Å². The Morgan fingerprint density at radius 3 is 2.34 bits per heavy atom. The van der Waals surface area contributed by atoms with Crippen LogP contribution in [0.5, 0.6) is 0 Å². The van der Waals surface area contributed by atoms with Crippen LogP contribution in [0.3, 0.4) is 0 Å². The third-order valence-electron chi connectivity index (χ3n) is 6.02. The van der Waals surface area contributed by atoms with Crippen molar-refractivity contribution in [3.8, 4) is 11.1 Å². The maximum atomic E-state index is 6.32. The Labute approximate surface area is 186 Å². The van der Waals surface area contributed by atoms with Gasteiger partial charge in [-0.1, -0.05) is 97.1 Å². The first-order valence-electron chi connectivity index (χ1n) is 10.9. The average Bonchev–Trinajstić information content (AvgIpc) is 3.30. The van der Waals surface area contributed by atoms with E-state index in [4.69, 9.17) is 9.40 Å². The number of allylic oxidation sites excluding steroid dienone is 2. The third-order valence-corrected chi connectivity index (χ3v) is 6.02. The van der Waals surface area contributed by atoms with E-state index < -0.39 is 0 Å². The number of hydrogen-bond donors (Lipinski definition) is 0. The maximum Gasteiger partial charge on any atom is 0.303 e. The minimum absolute atomic E-state index is 0.141. The summed E-state index contributed by atoms with van der Waals surface area (Å²) in [6.07, 6.45) is 9.48. The number of benzene rings is 4. The molecule has 0 bridgehead atoms. The zero-order chi connectivity index (χ0) is 21.3. The maximum absolute atomic E-state index is 6.32. The fourth-order valence-electron chi connectivity index (χ4n) is 4.40. The van der Waals surface area contributed by atoms with Gasteiger partial charge in [0.25, 0.3) is 0 Å². The van der Waals surface area contributed by atoms with Crippen LogP contribution in [-0.2, 0) is 0 Å². The molecule has 0 saturated heterocycles. The number of oxazole rings is 1. The monoisotopic (exact) mass is 414 g/mol. The van der Waals surface area contributed by atoms with Crippen LogP contribution in [0.2, 0.25) is 0 Å². The Morgan fingerprint density at radius 1 is 0.750 bits per heavy atom. The van der Waals surface area contributed by atoms with Crippen LogP contribution >= 0.6 is 0 Å². The molecule has 0 spiro atoms. The zero-order valence-corrected chi connectivity index (χ0v) is 17.6. The van der Waals surface area contributed by atoms with E-state index in [1.807, 2.05) is 18.2 Å². The highest BCUT2D eigenvalue weighted by molar-refractivity contribution is 6.03. The smallest absolute Gasteiger partial charge is 0.303 e. The molecule has 0 radical (unpaired) electrons. The molecule has 1 heterocycles. The second-order valence-electron chi connectivity index (χ2n) is 8.03. The first-order chi connectivity index (χ1) is 15.9. The van der Waals surface area contributed by atoms with Gasteiger partial charge in [-0.15, -0.1) is 0 Å².